The van der Waals surface area contributed by atoms with Crippen molar-refractivity contribution in [3.05, 3.63) is 120 Å². The van der Waals surface area contributed by atoms with Gasteiger partial charge in [-0.2, -0.15) is 0 Å². The molecule has 0 amide bonds. The summed E-state index contributed by atoms with van der Waals surface area (Å²) < 4.78 is 42.2. The molecule has 2 heterocycles. The summed E-state index contributed by atoms with van der Waals surface area (Å²) >= 11 is 0. The number of amidine groups is 1. The zero-order valence-corrected chi connectivity index (χ0v) is 25.2. The molecule has 1 aliphatic rings. The van der Waals surface area contributed by atoms with E-state index in [4.69, 9.17) is 19.5 Å². The van der Waals surface area contributed by atoms with Crippen LogP contribution in [0.3, 0.4) is 0 Å². The minimum Gasteiger partial charge on any atom is -0.508 e. The van der Waals surface area contributed by atoms with Crippen LogP contribution in [0.25, 0.3) is 28.0 Å². The predicted octanol–water partition coefficient (Wildman–Crippen LogP) is 8.42. The maximum absolute atomic E-state index is 15.1. The second kappa shape index (κ2) is 13.2. The molecule has 7 nitrogen and oxygen atoms in total. The minimum absolute atomic E-state index is 0.000876. The number of ether oxygens (including phenoxy) is 2. The largest absolute Gasteiger partial charge is 0.679 e. The Balaban J connectivity index is 1.55. The lowest BCUT2D eigenvalue weighted by molar-refractivity contribution is 0.340. The molecule has 0 saturated heterocycles. The van der Waals surface area contributed by atoms with Crippen molar-refractivity contribution in [2.75, 3.05) is 13.2 Å². The molecule has 0 unspecified atom stereocenters. The van der Waals surface area contributed by atoms with Crippen LogP contribution in [0.15, 0.2) is 119 Å². The van der Waals surface area contributed by atoms with E-state index in [0.29, 0.717) is 52.5 Å². The molecule has 6 rings (SSSR count). The summed E-state index contributed by atoms with van der Waals surface area (Å²) in [7, 11) is -2.94. The number of aromatic nitrogens is 1. The summed E-state index contributed by atoms with van der Waals surface area (Å²) in [5.41, 5.74) is 4.53. The van der Waals surface area contributed by atoms with Gasteiger partial charge >= 0.3 is 7.40 Å². The summed E-state index contributed by atoms with van der Waals surface area (Å²) in [6.45, 7) is 4.80. The Kier molecular flexibility index (Phi) is 8.69. The van der Waals surface area contributed by atoms with Crippen molar-refractivity contribution >= 4 is 30.3 Å². The number of phenolic OH excluding ortho intramolecular Hbond substituents is 2. The van der Waals surface area contributed by atoms with Gasteiger partial charge in [0.1, 0.15) is 28.8 Å². The van der Waals surface area contributed by atoms with Gasteiger partial charge in [-0.25, -0.2) is 9.98 Å². The summed E-state index contributed by atoms with van der Waals surface area (Å²) in [5.74, 6) is 1.72. The number of allylic oxidation sites excluding steroid dienone is 1. The van der Waals surface area contributed by atoms with Crippen molar-refractivity contribution in [3.8, 4) is 45.4 Å². The van der Waals surface area contributed by atoms with Crippen molar-refractivity contribution in [1.82, 2.24) is 4.48 Å². The number of rotatable bonds is 10. The third kappa shape index (κ3) is 6.28. The molecule has 46 heavy (non-hydrogen) atoms. The maximum Gasteiger partial charge on any atom is 0.679 e. The van der Waals surface area contributed by atoms with E-state index in [-0.39, 0.29) is 28.8 Å². The smallest absolute Gasteiger partial charge is 0.508 e. The molecule has 0 spiro atoms. The highest BCUT2D eigenvalue weighted by Crippen LogP contribution is 2.41. The fraction of sp³-hybridized carbons (Fsp3) is 0.111. The molecule has 1 aliphatic heterocycles. The summed E-state index contributed by atoms with van der Waals surface area (Å²) in [5, 5.41) is 19.9. The SMILES string of the molecule is CCOc1ccc(C2=N/C(=N\c3c(-c4ccc(O)cc4)cc(-c4ccc(OCC)cc4)n3B(F)F)C(c3ccc(O)cc3)=C2)cc1. The first-order valence-electron chi connectivity index (χ1n) is 14.8. The molecule has 2 N–H and O–H groups in total. The van der Waals surface area contributed by atoms with E-state index in [2.05, 4.69) is 0 Å². The molecule has 0 bridgehead atoms. The normalized spacial score (nSPS) is 13.4. The monoisotopic (exact) mass is 617 g/mol. The third-order valence-electron chi connectivity index (χ3n) is 7.44. The van der Waals surface area contributed by atoms with Gasteiger partial charge in [-0.05, 0) is 115 Å². The Morgan fingerprint density at radius 3 is 1.72 bits per heavy atom. The lowest BCUT2D eigenvalue weighted by atomic mass is 10.0. The first kappa shape index (κ1) is 30.4. The van der Waals surface area contributed by atoms with Crippen LogP contribution in [0.4, 0.5) is 14.4 Å². The highest BCUT2D eigenvalue weighted by molar-refractivity contribution is 6.43. The van der Waals surface area contributed by atoms with Gasteiger partial charge < -0.3 is 24.2 Å². The predicted molar refractivity (Wildman–Crippen MR) is 179 cm³/mol. The van der Waals surface area contributed by atoms with Crippen molar-refractivity contribution < 1.29 is 28.3 Å². The number of hydrogen-bond donors (Lipinski definition) is 2. The molecule has 1 aromatic heterocycles. The first-order chi connectivity index (χ1) is 22.3. The second-order valence-electron chi connectivity index (χ2n) is 10.4. The lowest BCUT2D eigenvalue weighted by Crippen LogP contribution is -2.14. The van der Waals surface area contributed by atoms with Gasteiger partial charge in [0.2, 0.25) is 0 Å². The Hall–Kier alpha value is -5.64. The van der Waals surface area contributed by atoms with Gasteiger partial charge in [0, 0.05) is 22.4 Å². The number of aliphatic imine (C=N–C) groups is 2. The second-order valence-corrected chi connectivity index (χ2v) is 10.4. The zero-order chi connectivity index (χ0) is 32.2. The van der Waals surface area contributed by atoms with E-state index in [1.807, 2.05) is 44.2 Å². The highest BCUT2D eigenvalue weighted by Gasteiger charge is 2.30. The Morgan fingerprint density at radius 1 is 0.696 bits per heavy atom. The summed E-state index contributed by atoms with van der Waals surface area (Å²) in [4.78, 5) is 9.67. The number of phenols is 2. The van der Waals surface area contributed by atoms with Gasteiger partial charge in [-0.3, -0.25) is 8.63 Å². The Bertz CT molecular complexity index is 1930. The number of hydrogen-bond acceptors (Lipinski definition) is 5. The number of benzene rings is 4. The van der Waals surface area contributed by atoms with E-state index >= 15 is 8.63 Å². The molecule has 10 heteroatoms. The first-order valence-corrected chi connectivity index (χ1v) is 14.8. The zero-order valence-electron chi connectivity index (χ0n) is 25.2. The van der Waals surface area contributed by atoms with E-state index in [1.165, 1.54) is 12.1 Å². The Morgan fingerprint density at radius 2 is 1.20 bits per heavy atom. The van der Waals surface area contributed by atoms with Gasteiger partial charge in [-0.1, -0.05) is 24.3 Å². The van der Waals surface area contributed by atoms with E-state index in [1.54, 1.807) is 66.7 Å². The van der Waals surface area contributed by atoms with Crippen LogP contribution in [-0.2, 0) is 0 Å². The van der Waals surface area contributed by atoms with Crippen LogP contribution in [0.1, 0.15) is 25.0 Å². The number of halogens is 2. The van der Waals surface area contributed by atoms with Crippen LogP contribution in [-0.4, -0.2) is 46.9 Å². The fourth-order valence-electron chi connectivity index (χ4n) is 5.27. The molecule has 0 radical (unpaired) electrons. The molecular formula is C36H30BF2N3O4. The summed E-state index contributed by atoms with van der Waals surface area (Å²) in [6, 6.07) is 28.9. The molecule has 5 aromatic rings. The van der Waals surface area contributed by atoms with Gasteiger partial charge in [-0.15, -0.1) is 0 Å². The lowest BCUT2D eigenvalue weighted by Gasteiger charge is -2.11. The van der Waals surface area contributed by atoms with Crippen LogP contribution < -0.4 is 9.47 Å². The average Bonchev–Trinajstić information content (AvgIpc) is 3.65. The van der Waals surface area contributed by atoms with Crippen LogP contribution >= 0.6 is 0 Å². The van der Waals surface area contributed by atoms with Crippen molar-refractivity contribution in [2.45, 2.75) is 13.8 Å². The topological polar surface area (TPSA) is 88.6 Å². The van der Waals surface area contributed by atoms with Crippen LogP contribution in [0.2, 0.25) is 0 Å². The van der Waals surface area contributed by atoms with Crippen LogP contribution in [0, 0.1) is 0 Å². The van der Waals surface area contributed by atoms with E-state index in [0.717, 1.165) is 15.8 Å². The molecular weight excluding hydrogens is 587 g/mol. The third-order valence-corrected chi connectivity index (χ3v) is 7.44. The molecule has 0 saturated carbocycles. The standard InChI is InChI=1S/C36H30BF2N3O4/c1-3-45-29-17-9-25(10-18-29)33-21-31(23-5-13-27(43)14-6-23)35(40-33)41-36-32(24-7-15-28(44)16-8-24)22-34(42(36)37(38)39)26-11-19-30(20-12-26)46-4-2/h5-22,43-44H,3-4H2,1-2H3/b41-35-. The minimum atomic E-state index is -2.94. The fourth-order valence-corrected chi connectivity index (χ4v) is 5.27. The van der Waals surface area contributed by atoms with Crippen LogP contribution in [0.5, 0.6) is 23.0 Å². The van der Waals surface area contributed by atoms with Gasteiger partial charge in [0.15, 0.2) is 5.84 Å². The molecule has 0 aliphatic carbocycles. The van der Waals surface area contributed by atoms with E-state index in [9.17, 15) is 10.2 Å². The number of aromatic hydroxyl groups is 2. The van der Waals surface area contributed by atoms with Gasteiger partial charge in [0.05, 0.1) is 18.9 Å². The van der Waals surface area contributed by atoms with Crippen molar-refractivity contribution in [3.63, 3.8) is 0 Å². The molecule has 230 valence electrons. The summed E-state index contributed by atoms with van der Waals surface area (Å²) in [6.07, 6.45) is 1.85. The quantitative estimate of drug-likeness (QED) is 0.154. The van der Waals surface area contributed by atoms with E-state index < -0.39 is 7.40 Å². The molecule has 4 aromatic carbocycles. The molecule has 0 atom stereocenters. The van der Waals surface area contributed by atoms with Crippen molar-refractivity contribution in [1.29, 1.82) is 0 Å². The number of nitrogens with zero attached hydrogens (tertiary/aromatic N) is 3. The Labute approximate surface area is 265 Å². The average molecular weight is 617 g/mol. The maximum atomic E-state index is 15.1. The molecule has 0 fully saturated rings. The van der Waals surface area contributed by atoms with Gasteiger partial charge in [0.25, 0.3) is 0 Å². The van der Waals surface area contributed by atoms with Crippen molar-refractivity contribution in [2.24, 2.45) is 9.98 Å². The highest BCUT2D eigenvalue weighted by atomic mass is 19.2.